The van der Waals surface area contributed by atoms with Crippen LogP contribution < -0.4 is 0 Å². The summed E-state index contributed by atoms with van der Waals surface area (Å²) in [5.74, 6) is 2.02. The molecule has 4 unspecified atom stereocenters. The summed E-state index contributed by atoms with van der Waals surface area (Å²) in [6, 6.07) is 6.08. The first-order valence-electron chi connectivity index (χ1n) is 8.37. The molecular formula is C18H21Cl2NO. The number of amides is 1. The highest BCUT2D eigenvalue weighted by Crippen LogP contribution is 2.48. The SMILES string of the molecule is O=C1C(Cc2c(Cl)cccc2Cl)CCN1C1CC2CCC1C2. The predicted octanol–water partition coefficient (Wildman–Crippen LogP) is 4.57. The minimum Gasteiger partial charge on any atom is -0.339 e. The van der Waals surface area contributed by atoms with Gasteiger partial charge in [-0.1, -0.05) is 35.7 Å². The molecule has 1 aliphatic heterocycles. The number of hydrogen-bond donors (Lipinski definition) is 0. The zero-order chi connectivity index (χ0) is 15.3. The lowest BCUT2D eigenvalue weighted by Gasteiger charge is -2.31. The number of nitrogens with zero attached hydrogens (tertiary/aromatic N) is 1. The third-order valence-electron chi connectivity index (χ3n) is 5.96. The molecule has 0 spiro atoms. The van der Waals surface area contributed by atoms with Crippen molar-refractivity contribution in [3.63, 3.8) is 0 Å². The van der Waals surface area contributed by atoms with Crippen molar-refractivity contribution in [2.24, 2.45) is 17.8 Å². The monoisotopic (exact) mass is 337 g/mol. The minimum atomic E-state index is 0.0523. The summed E-state index contributed by atoms with van der Waals surface area (Å²) in [6.07, 6.45) is 6.89. The molecule has 3 fully saturated rings. The molecule has 1 heterocycles. The quantitative estimate of drug-likeness (QED) is 0.790. The predicted molar refractivity (Wildman–Crippen MR) is 89.2 cm³/mol. The minimum absolute atomic E-state index is 0.0523. The fourth-order valence-corrected chi connectivity index (χ4v) is 5.40. The zero-order valence-corrected chi connectivity index (χ0v) is 14.1. The lowest BCUT2D eigenvalue weighted by molar-refractivity contribution is -0.133. The van der Waals surface area contributed by atoms with Crippen molar-refractivity contribution in [3.05, 3.63) is 33.8 Å². The van der Waals surface area contributed by atoms with Crippen LogP contribution >= 0.6 is 23.2 Å². The van der Waals surface area contributed by atoms with Crippen LogP contribution in [-0.2, 0) is 11.2 Å². The molecule has 4 atom stereocenters. The maximum Gasteiger partial charge on any atom is 0.226 e. The van der Waals surface area contributed by atoms with E-state index in [9.17, 15) is 4.79 Å². The Morgan fingerprint density at radius 3 is 2.50 bits per heavy atom. The van der Waals surface area contributed by atoms with Gasteiger partial charge in [-0.15, -0.1) is 0 Å². The maximum absolute atomic E-state index is 12.8. The largest absolute Gasteiger partial charge is 0.339 e. The Bertz CT molecular complexity index is 582. The molecule has 1 aromatic rings. The van der Waals surface area contributed by atoms with Crippen molar-refractivity contribution >= 4 is 29.1 Å². The fraction of sp³-hybridized carbons (Fsp3) is 0.611. The maximum atomic E-state index is 12.8. The number of benzene rings is 1. The van der Waals surface area contributed by atoms with Gasteiger partial charge >= 0.3 is 0 Å². The van der Waals surface area contributed by atoms with E-state index >= 15 is 0 Å². The molecule has 4 rings (SSSR count). The number of halogens is 2. The first kappa shape index (κ1) is 14.8. The van der Waals surface area contributed by atoms with Gasteiger partial charge in [0.25, 0.3) is 0 Å². The van der Waals surface area contributed by atoms with Gasteiger partial charge in [-0.05, 0) is 61.6 Å². The fourth-order valence-electron chi connectivity index (χ4n) is 4.85. The van der Waals surface area contributed by atoms with Crippen LogP contribution in [0.5, 0.6) is 0 Å². The lowest BCUT2D eigenvalue weighted by Crippen LogP contribution is -2.41. The zero-order valence-electron chi connectivity index (χ0n) is 12.6. The highest BCUT2D eigenvalue weighted by Gasteiger charge is 2.46. The van der Waals surface area contributed by atoms with Gasteiger partial charge in [0.15, 0.2) is 0 Å². The summed E-state index contributed by atoms with van der Waals surface area (Å²) in [6.45, 7) is 0.916. The molecule has 0 aromatic heterocycles. The van der Waals surface area contributed by atoms with E-state index in [-0.39, 0.29) is 5.92 Å². The molecule has 22 heavy (non-hydrogen) atoms. The Morgan fingerprint density at radius 1 is 1.09 bits per heavy atom. The molecule has 3 aliphatic rings. The van der Waals surface area contributed by atoms with E-state index in [2.05, 4.69) is 4.90 Å². The smallest absolute Gasteiger partial charge is 0.226 e. The Labute approximate surface area is 141 Å². The standard InChI is InChI=1S/C18H21Cl2NO/c19-15-2-1-3-16(20)14(15)10-13-6-7-21(18(13)22)17-9-11-4-5-12(17)8-11/h1-3,11-13,17H,4-10H2. The summed E-state index contributed by atoms with van der Waals surface area (Å²) in [7, 11) is 0. The molecule has 1 aromatic carbocycles. The Morgan fingerprint density at radius 2 is 1.86 bits per heavy atom. The molecular weight excluding hydrogens is 317 g/mol. The molecule has 2 bridgehead atoms. The van der Waals surface area contributed by atoms with Gasteiger partial charge in [0, 0.05) is 28.5 Å². The third kappa shape index (κ3) is 2.45. The van der Waals surface area contributed by atoms with Gasteiger partial charge in [-0.2, -0.15) is 0 Å². The van der Waals surface area contributed by atoms with Crippen LogP contribution in [0.2, 0.25) is 10.0 Å². The number of carbonyl (C=O) groups is 1. The second-order valence-electron chi connectivity index (χ2n) is 7.16. The van der Waals surface area contributed by atoms with Crippen LogP contribution in [0.1, 0.15) is 37.7 Å². The Kier molecular flexibility index (Phi) is 3.86. The second-order valence-corrected chi connectivity index (χ2v) is 7.98. The summed E-state index contributed by atoms with van der Waals surface area (Å²) in [5, 5.41) is 1.36. The van der Waals surface area contributed by atoms with Crippen molar-refractivity contribution < 1.29 is 4.79 Å². The molecule has 118 valence electrons. The molecule has 4 heteroatoms. The van der Waals surface area contributed by atoms with Crippen LogP contribution in [0.15, 0.2) is 18.2 Å². The van der Waals surface area contributed by atoms with Gasteiger partial charge in [0.2, 0.25) is 5.91 Å². The van der Waals surface area contributed by atoms with Crippen molar-refractivity contribution in [2.45, 2.75) is 44.6 Å². The van der Waals surface area contributed by atoms with E-state index < -0.39 is 0 Å². The molecule has 1 saturated heterocycles. The average molecular weight is 338 g/mol. The third-order valence-corrected chi connectivity index (χ3v) is 6.67. The van der Waals surface area contributed by atoms with Crippen LogP contribution in [0.25, 0.3) is 0 Å². The van der Waals surface area contributed by atoms with E-state index in [4.69, 9.17) is 23.2 Å². The molecule has 2 nitrogen and oxygen atoms in total. The summed E-state index contributed by atoms with van der Waals surface area (Å²) in [5.41, 5.74) is 0.930. The van der Waals surface area contributed by atoms with Gasteiger partial charge in [-0.3, -0.25) is 4.79 Å². The van der Waals surface area contributed by atoms with Gasteiger partial charge in [0.05, 0.1) is 0 Å². The highest BCUT2D eigenvalue weighted by atomic mass is 35.5. The van der Waals surface area contributed by atoms with Crippen LogP contribution in [-0.4, -0.2) is 23.4 Å². The number of likely N-dealkylation sites (tertiary alicyclic amines) is 1. The van der Waals surface area contributed by atoms with Crippen LogP contribution in [0, 0.1) is 17.8 Å². The van der Waals surface area contributed by atoms with Crippen molar-refractivity contribution in [3.8, 4) is 0 Å². The molecule has 0 N–H and O–H groups in total. The topological polar surface area (TPSA) is 20.3 Å². The van der Waals surface area contributed by atoms with Gasteiger partial charge in [-0.25, -0.2) is 0 Å². The second kappa shape index (κ2) is 5.72. The van der Waals surface area contributed by atoms with Crippen molar-refractivity contribution in [2.75, 3.05) is 6.54 Å². The first-order valence-corrected chi connectivity index (χ1v) is 9.12. The lowest BCUT2D eigenvalue weighted by atomic mass is 9.93. The average Bonchev–Trinajstić information content (AvgIpc) is 3.19. The number of carbonyl (C=O) groups excluding carboxylic acids is 1. The van der Waals surface area contributed by atoms with Crippen molar-refractivity contribution in [1.29, 1.82) is 0 Å². The molecule has 0 radical (unpaired) electrons. The van der Waals surface area contributed by atoms with E-state index in [1.54, 1.807) is 0 Å². The summed E-state index contributed by atoms with van der Waals surface area (Å²) >= 11 is 12.5. The highest BCUT2D eigenvalue weighted by molar-refractivity contribution is 6.36. The summed E-state index contributed by atoms with van der Waals surface area (Å²) in [4.78, 5) is 15.0. The molecule has 2 aliphatic carbocycles. The number of hydrogen-bond acceptors (Lipinski definition) is 1. The van der Waals surface area contributed by atoms with E-state index in [1.165, 1.54) is 25.7 Å². The van der Waals surface area contributed by atoms with Crippen LogP contribution in [0.3, 0.4) is 0 Å². The molecule has 1 amide bonds. The Hall–Kier alpha value is -0.730. The van der Waals surface area contributed by atoms with Gasteiger partial charge in [0.1, 0.15) is 0 Å². The molecule has 2 saturated carbocycles. The number of fused-ring (bicyclic) bond motifs is 2. The normalized spacial score (nSPS) is 33.9. The van der Waals surface area contributed by atoms with E-state index in [0.717, 1.165) is 30.4 Å². The van der Waals surface area contributed by atoms with Crippen molar-refractivity contribution in [1.82, 2.24) is 4.90 Å². The first-order chi connectivity index (χ1) is 10.6. The Balaban J connectivity index is 1.48. The number of rotatable bonds is 3. The summed E-state index contributed by atoms with van der Waals surface area (Å²) < 4.78 is 0. The van der Waals surface area contributed by atoms with E-state index in [1.807, 2.05) is 18.2 Å². The van der Waals surface area contributed by atoms with Crippen LogP contribution in [0.4, 0.5) is 0 Å². The van der Waals surface area contributed by atoms with E-state index in [0.29, 0.717) is 28.4 Å². The van der Waals surface area contributed by atoms with Gasteiger partial charge < -0.3 is 4.90 Å².